The van der Waals surface area contributed by atoms with E-state index in [1.165, 1.54) is 17.7 Å². The van der Waals surface area contributed by atoms with Crippen LogP contribution in [0, 0.1) is 0 Å². The lowest BCUT2D eigenvalue weighted by atomic mass is 9.89. The van der Waals surface area contributed by atoms with Gasteiger partial charge in [0.15, 0.2) is 0 Å². The summed E-state index contributed by atoms with van der Waals surface area (Å²) in [5, 5.41) is 2.12. The maximum absolute atomic E-state index is 6.07. The van der Waals surface area contributed by atoms with E-state index < -0.39 is 0 Å². The summed E-state index contributed by atoms with van der Waals surface area (Å²) in [4.78, 5) is 1.34. The molecule has 102 valence electrons. The molecule has 1 unspecified atom stereocenters. The summed E-state index contributed by atoms with van der Waals surface area (Å²) in [5.41, 5.74) is 2.92. The van der Waals surface area contributed by atoms with E-state index >= 15 is 0 Å². The quantitative estimate of drug-likeness (QED) is 0.621. The van der Waals surface area contributed by atoms with Crippen LogP contribution in [0.25, 0.3) is 0 Å². The molecule has 18 heavy (non-hydrogen) atoms. The first-order valence-electron chi connectivity index (χ1n) is 6.53. The van der Waals surface area contributed by atoms with Crippen LogP contribution in [0.3, 0.4) is 0 Å². The van der Waals surface area contributed by atoms with Crippen LogP contribution >= 0.6 is 27.3 Å². The number of rotatable bonds is 6. The van der Waals surface area contributed by atoms with Crippen LogP contribution in [0.5, 0.6) is 0 Å². The third kappa shape index (κ3) is 3.14. The smallest absolute Gasteiger partial charge is 0.0851 e. The monoisotopic (exact) mass is 332 g/mol. The number of hydrogen-bond donors (Lipinski definition) is 2. The van der Waals surface area contributed by atoms with Crippen molar-refractivity contribution >= 4 is 27.3 Å². The lowest BCUT2D eigenvalue weighted by molar-refractivity contribution is -0.0611. The Bertz CT molecular complexity index is 377. The third-order valence-corrected chi connectivity index (χ3v) is 5.46. The van der Waals surface area contributed by atoms with Gasteiger partial charge in [-0.05, 0) is 41.8 Å². The van der Waals surface area contributed by atoms with E-state index in [2.05, 4.69) is 39.7 Å². The van der Waals surface area contributed by atoms with E-state index in [-0.39, 0.29) is 11.6 Å². The largest absolute Gasteiger partial charge is 0.374 e. The van der Waals surface area contributed by atoms with Crippen molar-refractivity contribution in [2.75, 3.05) is 6.61 Å². The minimum absolute atomic E-state index is 0.0695. The van der Waals surface area contributed by atoms with Crippen LogP contribution in [-0.2, 0) is 11.2 Å². The highest BCUT2D eigenvalue weighted by molar-refractivity contribution is 9.10. The molecular formula is C13H21BrN2OS. The van der Waals surface area contributed by atoms with Crippen molar-refractivity contribution in [2.24, 2.45) is 5.84 Å². The first kappa shape index (κ1) is 14.5. The molecule has 2 rings (SSSR count). The summed E-state index contributed by atoms with van der Waals surface area (Å²) in [6, 6.07) is 2.37. The van der Waals surface area contributed by atoms with Gasteiger partial charge in [-0.15, -0.1) is 11.3 Å². The Morgan fingerprint density at radius 3 is 2.78 bits per heavy atom. The molecule has 1 fully saturated rings. The molecule has 1 heterocycles. The van der Waals surface area contributed by atoms with Crippen LogP contribution in [-0.4, -0.2) is 18.2 Å². The summed E-state index contributed by atoms with van der Waals surface area (Å²) >= 11 is 5.27. The molecule has 0 aliphatic heterocycles. The predicted molar refractivity (Wildman–Crippen MR) is 79.7 cm³/mol. The molecule has 1 saturated carbocycles. The molecule has 1 aromatic rings. The second-order valence-corrected chi connectivity index (χ2v) is 6.77. The first-order valence-corrected chi connectivity index (χ1v) is 8.20. The van der Waals surface area contributed by atoms with Crippen LogP contribution < -0.4 is 11.3 Å². The fourth-order valence-electron chi connectivity index (χ4n) is 2.91. The van der Waals surface area contributed by atoms with Gasteiger partial charge in [-0.2, -0.15) is 0 Å². The van der Waals surface area contributed by atoms with E-state index in [1.807, 2.05) is 0 Å². The number of hydrogen-bond acceptors (Lipinski definition) is 4. The van der Waals surface area contributed by atoms with Crippen molar-refractivity contribution in [1.82, 2.24) is 5.43 Å². The number of hydrazine groups is 1. The van der Waals surface area contributed by atoms with Crippen molar-refractivity contribution in [1.29, 1.82) is 0 Å². The van der Waals surface area contributed by atoms with Gasteiger partial charge >= 0.3 is 0 Å². The highest BCUT2D eigenvalue weighted by atomic mass is 79.9. The molecule has 0 spiro atoms. The summed E-state index contributed by atoms with van der Waals surface area (Å²) in [5.74, 6) is 5.79. The normalized spacial score (nSPS) is 20.2. The molecule has 0 radical (unpaired) electrons. The van der Waals surface area contributed by atoms with Crippen LogP contribution in [0.2, 0.25) is 0 Å². The van der Waals surface area contributed by atoms with E-state index in [9.17, 15) is 0 Å². The Morgan fingerprint density at radius 2 is 2.28 bits per heavy atom. The zero-order valence-electron chi connectivity index (χ0n) is 10.7. The molecule has 1 aliphatic carbocycles. The number of halogens is 1. The summed E-state index contributed by atoms with van der Waals surface area (Å²) < 4.78 is 7.22. The minimum Gasteiger partial charge on any atom is -0.374 e. The van der Waals surface area contributed by atoms with Gasteiger partial charge in [0.25, 0.3) is 0 Å². The molecule has 5 heteroatoms. The Kier molecular flexibility index (Phi) is 5.21. The second kappa shape index (κ2) is 6.48. The molecule has 0 aromatic carbocycles. The number of nitrogens with one attached hydrogen (secondary N) is 1. The maximum atomic E-state index is 6.07. The predicted octanol–water partition coefficient (Wildman–Crippen LogP) is 3.23. The van der Waals surface area contributed by atoms with Gasteiger partial charge in [-0.3, -0.25) is 11.3 Å². The standard InChI is InChI=1S/C13H21BrN2OS/c1-2-17-13(5-3-4-6-13)12(16-15)8-11-7-10(14)9-18-11/h7,9,12,16H,2-6,8,15H2,1H3. The van der Waals surface area contributed by atoms with Crippen molar-refractivity contribution in [3.63, 3.8) is 0 Å². The molecule has 0 amide bonds. The molecule has 1 aliphatic rings. The van der Waals surface area contributed by atoms with Crippen LogP contribution in [0.1, 0.15) is 37.5 Å². The van der Waals surface area contributed by atoms with Crippen molar-refractivity contribution in [2.45, 2.75) is 50.7 Å². The zero-order valence-corrected chi connectivity index (χ0v) is 13.1. The highest BCUT2D eigenvalue weighted by Gasteiger charge is 2.41. The molecule has 1 aromatic heterocycles. The van der Waals surface area contributed by atoms with Crippen molar-refractivity contribution in [3.8, 4) is 0 Å². The van der Waals surface area contributed by atoms with Gasteiger partial charge < -0.3 is 4.74 Å². The van der Waals surface area contributed by atoms with Gasteiger partial charge in [0.2, 0.25) is 0 Å². The Hall–Kier alpha value is 0.0600. The summed E-state index contributed by atoms with van der Waals surface area (Å²) in [6.07, 6.45) is 5.65. The SMILES string of the molecule is CCOC1(C(Cc2cc(Br)cs2)NN)CCCC1. The highest BCUT2D eigenvalue weighted by Crippen LogP contribution is 2.37. The van der Waals surface area contributed by atoms with Crippen LogP contribution in [0.4, 0.5) is 0 Å². The Balaban J connectivity index is 2.10. The average molecular weight is 333 g/mol. The first-order chi connectivity index (χ1) is 8.70. The Labute approximate surface area is 121 Å². The molecule has 1 atom stereocenters. The van der Waals surface area contributed by atoms with Crippen LogP contribution in [0.15, 0.2) is 15.9 Å². The number of ether oxygens (including phenoxy) is 1. The molecule has 3 N–H and O–H groups in total. The van der Waals surface area contributed by atoms with E-state index in [0.29, 0.717) is 0 Å². The van der Waals surface area contributed by atoms with Gasteiger partial charge in [0.1, 0.15) is 0 Å². The zero-order chi connectivity index (χ0) is 13.0. The number of thiophene rings is 1. The fraction of sp³-hybridized carbons (Fsp3) is 0.692. The molecule has 3 nitrogen and oxygen atoms in total. The lowest BCUT2D eigenvalue weighted by Gasteiger charge is -2.36. The second-order valence-electron chi connectivity index (χ2n) is 4.86. The average Bonchev–Trinajstić information content (AvgIpc) is 2.97. The maximum Gasteiger partial charge on any atom is 0.0851 e. The van der Waals surface area contributed by atoms with Gasteiger partial charge in [-0.1, -0.05) is 12.8 Å². The Morgan fingerprint density at radius 1 is 1.56 bits per heavy atom. The molecule has 0 bridgehead atoms. The fourth-order valence-corrected chi connectivity index (χ4v) is 4.41. The summed E-state index contributed by atoms with van der Waals surface area (Å²) in [7, 11) is 0. The summed E-state index contributed by atoms with van der Waals surface area (Å²) in [6.45, 7) is 2.82. The van der Waals surface area contributed by atoms with Crippen molar-refractivity contribution < 1.29 is 4.74 Å². The van der Waals surface area contributed by atoms with Gasteiger partial charge in [-0.25, -0.2) is 0 Å². The number of nitrogens with two attached hydrogens (primary N) is 1. The minimum atomic E-state index is -0.0695. The lowest BCUT2D eigenvalue weighted by Crippen LogP contribution is -2.54. The molecular weight excluding hydrogens is 312 g/mol. The van der Waals surface area contributed by atoms with Crippen molar-refractivity contribution in [3.05, 3.63) is 20.8 Å². The van der Waals surface area contributed by atoms with E-state index in [0.717, 1.165) is 30.3 Å². The topological polar surface area (TPSA) is 47.3 Å². The van der Waals surface area contributed by atoms with Gasteiger partial charge in [0, 0.05) is 27.8 Å². The third-order valence-electron chi connectivity index (χ3n) is 3.75. The van der Waals surface area contributed by atoms with E-state index in [4.69, 9.17) is 10.6 Å². The van der Waals surface area contributed by atoms with Gasteiger partial charge in [0.05, 0.1) is 11.6 Å². The molecule has 0 saturated heterocycles. The van der Waals surface area contributed by atoms with E-state index in [1.54, 1.807) is 11.3 Å².